The van der Waals surface area contributed by atoms with E-state index in [0.717, 1.165) is 0 Å². The maximum atomic E-state index is 5.91. The summed E-state index contributed by atoms with van der Waals surface area (Å²) >= 11 is 0. The molecule has 0 saturated carbocycles. The largest absolute Gasteiger partial charge is 0.357 e. The minimum atomic E-state index is 0.0419. The molecule has 17 heavy (non-hydrogen) atoms. The molecule has 2 unspecified atom stereocenters. The van der Waals surface area contributed by atoms with Crippen LogP contribution in [0.5, 0.6) is 0 Å². The Bertz CT molecular complexity index is 430. The minimum absolute atomic E-state index is 0.0419. The van der Waals surface area contributed by atoms with Gasteiger partial charge in [-0.2, -0.15) is 0 Å². The van der Waals surface area contributed by atoms with Gasteiger partial charge in [-0.05, 0) is 47.9 Å². The zero-order valence-corrected chi connectivity index (χ0v) is 10.1. The van der Waals surface area contributed by atoms with Crippen molar-refractivity contribution in [2.45, 2.75) is 37.9 Å². The summed E-state index contributed by atoms with van der Waals surface area (Å²) in [5.74, 6) is 0. The second-order valence-corrected chi connectivity index (χ2v) is 4.91. The molecule has 0 amide bonds. The number of rotatable bonds is 2. The van der Waals surface area contributed by atoms with E-state index < -0.39 is 0 Å². The summed E-state index contributed by atoms with van der Waals surface area (Å²) in [6.45, 7) is 7.73. The van der Waals surface area contributed by atoms with Gasteiger partial charge in [-0.1, -0.05) is 24.3 Å². The molecule has 0 bridgehead atoms. The third-order valence-corrected chi connectivity index (χ3v) is 3.88. The molecule has 0 radical (unpaired) electrons. The summed E-state index contributed by atoms with van der Waals surface area (Å²) < 4.78 is 5.91. The molecule has 1 aliphatic carbocycles. The molecule has 1 aliphatic heterocycles. The fourth-order valence-corrected chi connectivity index (χ4v) is 2.99. The van der Waals surface area contributed by atoms with E-state index in [1.54, 1.807) is 0 Å². The molecule has 0 N–H and O–H groups in total. The van der Waals surface area contributed by atoms with Crippen LogP contribution in [0.25, 0.3) is 0 Å². The molecule has 0 saturated heterocycles. The van der Waals surface area contributed by atoms with Gasteiger partial charge in [0.15, 0.2) is 0 Å². The lowest BCUT2D eigenvalue weighted by Gasteiger charge is -2.18. The highest BCUT2D eigenvalue weighted by molar-refractivity contribution is 5.46. The average molecular weight is 226 g/mol. The zero-order valence-electron chi connectivity index (χ0n) is 10.1. The van der Waals surface area contributed by atoms with Gasteiger partial charge in [-0.3, -0.25) is 0 Å². The quantitative estimate of drug-likeness (QED) is 0.691. The molecule has 2 atom stereocenters. The Labute approximate surface area is 103 Å². The van der Waals surface area contributed by atoms with Gasteiger partial charge in [-0.25, -0.2) is 0 Å². The lowest BCUT2D eigenvalue weighted by atomic mass is 9.86. The van der Waals surface area contributed by atoms with Crippen molar-refractivity contribution >= 4 is 0 Å². The molecule has 3 rings (SSSR count). The van der Waals surface area contributed by atoms with Crippen molar-refractivity contribution in [1.29, 1.82) is 0 Å². The van der Waals surface area contributed by atoms with E-state index in [1.807, 2.05) is 12.2 Å². The Morgan fingerprint density at radius 3 is 1.82 bits per heavy atom. The van der Waals surface area contributed by atoms with E-state index in [9.17, 15) is 0 Å². The van der Waals surface area contributed by atoms with Crippen LogP contribution in [-0.2, 0) is 17.6 Å². The summed E-state index contributed by atoms with van der Waals surface area (Å²) in [4.78, 5) is 0. The van der Waals surface area contributed by atoms with E-state index in [-0.39, 0.29) is 12.2 Å². The van der Waals surface area contributed by atoms with Crippen molar-refractivity contribution in [3.63, 3.8) is 0 Å². The van der Waals surface area contributed by atoms with Gasteiger partial charge in [0, 0.05) is 0 Å². The fourth-order valence-electron chi connectivity index (χ4n) is 2.99. The second-order valence-electron chi connectivity index (χ2n) is 4.91. The highest BCUT2D eigenvalue weighted by Gasteiger charge is 2.29. The van der Waals surface area contributed by atoms with Crippen molar-refractivity contribution in [2.75, 3.05) is 0 Å². The molecule has 2 aliphatic rings. The molecular formula is C16H18O. The number of hydrogen-bond acceptors (Lipinski definition) is 1. The first-order chi connectivity index (χ1) is 8.33. The summed E-state index contributed by atoms with van der Waals surface area (Å²) in [6, 6.07) is 4.67. The lowest BCUT2D eigenvalue weighted by Crippen LogP contribution is -2.05. The van der Waals surface area contributed by atoms with E-state index >= 15 is 0 Å². The van der Waals surface area contributed by atoms with Crippen LogP contribution in [0, 0.1) is 0 Å². The van der Waals surface area contributed by atoms with Gasteiger partial charge in [0.1, 0.15) is 12.2 Å². The van der Waals surface area contributed by atoms with Crippen LogP contribution in [0.3, 0.4) is 0 Å². The van der Waals surface area contributed by atoms with Crippen molar-refractivity contribution in [1.82, 2.24) is 0 Å². The van der Waals surface area contributed by atoms with E-state index in [2.05, 4.69) is 25.3 Å². The molecule has 1 aromatic carbocycles. The topological polar surface area (TPSA) is 9.23 Å². The molecule has 1 nitrogen and oxygen atoms in total. The van der Waals surface area contributed by atoms with Gasteiger partial charge in [0.25, 0.3) is 0 Å². The molecule has 1 heteroatoms. The molecule has 0 spiro atoms. The highest BCUT2D eigenvalue weighted by atomic mass is 16.5. The molecule has 1 heterocycles. The van der Waals surface area contributed by atoms with Gasteiger partial charge in [0.2, 0.25) is 0 Å². The monoisotopic (exact) mass is 226 g/mol. The predicted octanol–water partition coefficient (Wildman–Crippen LogP) is 4.05. The number of benzene rings is 1. The van der Waals surface area contributed by atoms with E-state index in [4.69, 9.17) is 4.74 Å². The summed E-state index contributed by atoms with van der Waals surface area (Å²) in [7, 11) is 0. The van der Waals surface area contributed by atoms with Crippen LogP contribution in [0.1, 0.15) is 47.3 Å². The number of fused-ring (bicyclic) bond motifs is 2. The van der Waals surface area contributed by atoms with Gasteiger partial charge in [-0.15, -0.1) is 13.2 Å². The Morgan fingerprint density at radius 2 is 1.41 bits per heavy atom. The number of ether oxygens (including phenoxy) is 1. The number of hydrogen-bond donors (Lipinski definition) is 0. The SMILES string of the molecule is C=CC1OC(C=C)c2cc3c(cc21)CCCC3. The molecular weight excluding hydrogens is 208 g/mol. The second kappa shape index (κ2) is 4.15. The number of aryl methyl sites for hydroxylation is 2. The van der Waals surface area contributed by atoms with E-state index in [0.29, 0.717) is 0 Å². The summed E-state index contributed by atoms with van der Waals surface area (Å²) in [5.41, 5.74) is 5.61. The standard InChI is InChI=1S/C16H18O/c1-3-15-13-9-11-7-5-6-8-12(11)10-14(13)16(4-2)17-15/h3-4,9-10,15-16H,1-2,5-8H2. The zero-order chi connectivity index (χ0) is 11.8. The van der Waals surface area contributed by atoms with E-state index in [1.165, 1.54) is 47.9 Å². The smallest absolute Gasteiger partial charge is 0.102 e. The molecule has 88 valence electrons. The van der Waals surface area contributed by atoms with Crippen molar-refractivity contribution in [3.05, 3.63) is 59.7 Å². The van der Waals surface area contributed by atoms with Crippen molar-refractivity contribution < 1.29 is 4.74 Å². The first-order valence-corrected chi connectivity index (χ1v) is 6.39. The van der Waals surface area contributed by atoms with Gasteiger partial charge in [0.05, 0.1) is 0 Å². The average Bonchev–Trinajstić information content (AvgIpc) is 2.73. The van der Waals surface area contributed by atoms with Crippen LogP contribution in [0.4, 0.5) is 0 Å². The molecule has 1 aromatic rings. The Morgan fingerprint density at radius 1 is 0.941 bits per heavy atom. The Hall–Kier alpha value is -1.34. The third-order valence-electron chi connectivity index (χ3n) is 3.88. The fraction of sp³-hybridized carbons (Fsp3) is 0.375. The minimum Gasteiger partial charge on any atom is -0.357 e. The summed E-state index contributed by atoms with van der Waals surface area (Å²) in [6.07, 6.45) is 8.92. The first-order valence-electron chi connectivity index (χ1n) is 6.39. The van der Waals surface area contributed by atoms with Crippen molar-refractivity contribution in [2.24, 2.45) is 0 Å². The predicted molar refractivity (Wildman–Crippen MR) is 70.0 cm³/mol. The Balaban J connectivity index is 2.12. The highest BCUT2D eigenvalue weighted by Crippen LogP contribution is 2.42. The Kier molecular flexibility index (Phi) is 2.64. The van der Waals surface area contributed by atoms with Crippen LogP contribution in [0.2, 0.25) is 0 Å². The molecule has 0 aromatic heterocycles. The summed E-state index contributed by atoms with van der Waals surface area (Å²) in [5, 5.41) is 0. The third kappa shape index (κ3) is 1.66. The maximum absolute atomic E-state index is 5.91. The van der Waals surface area contributed by atoms with Gasteiger partial charge < -0.3 is 4.74 Å². The normalized spacial score (nSPS) is 26.1. The van der Waals surface area contributed by atoms with Crippen LogP contribution in [-0.4, -0.2) is 0 Å². The van der Waals surface area contributed by atoms with Crippen LogP contribution >= 0.6 is 0 Å². The van der Waals surface area contributed by atoms with Crippen LogP contribution in [0.15, 0.2) is 37.4 Å². The van der Waals surface area contributed by atoms with Gasteiger partial charge >= 0.3 is 0 Å². The first kappa shape index (κ1) is 10.8. The van der Waals surface area contributed by atoms with Crippen LogP contribution < -0.4 is 0 Å². The molecule has 0 fully saturated rings. The maximum Gasteiger partial charge on any atom is 0.102 e. The lowest BCUT2D eigenvalue weighted by molar-refractivity contribution is 0.0678. The van der Waals surface area contributed by atoms with Crippen molar-refractivity contribution in [3.8, 4) is 0 Å².